The summed E-state index contributed by atoms with van der Waals surface area (Å²) >= 11 is 1.53. The molecule has 2 aromatic carbocycles. The molecule has 3 aromatic rings. The van der Waals surface area contributed by atoms with E-state index < -0.39 is 6.10 Å². The number of aliphatic hydroxyl groups excluding tert-OH is 1. The molecule has 0 aliphatic heterocycles. The summed E-state index contributed by atoms with van der Waals surface area (Å²) in [6, 6.07) is 20.5. The van der Waals surface area contributed by atoms with Gasteiger partial charge >= 0.3 is 0 Å². The maximum absolute atomic E-state index is 10.4. The monoisotopic (exact) mass is 394 g/mol. The van der Waals surface area contributed by atoms with Crippen molar-refractivity contribution in [2.45, 2.75) is 36.6 Å². The van der Waals surface area contributed by atoms with Crippen LogP contribution < -0.4 is 0 Å². The number of thioether (sulfide) groups is 1. The van der Waals surface area contributed by atoms with Crippen LogP contribution in [0.2, 0.25) is 0 Å². The number of aliphatic hydroxyl groups is 1. The molecule has 0 radical (unpaired) electrons. The minimum Gasteiger partial charge on any atom is -0.391 e. The lowest BCUT2D eigenvalue weighted by atomic mass is 10.2. The Hall–Kier alpha value is -2.15. The molecule has 1 fully saturated rings. The molecule has 1 aliphatic rings. The zero-order valence-electron chi connectivity index (χ0n) is 16.1. The molecule has 4 rings (SSSR count). The fraction of sp³-hybridized carbons (Fsp3) is 0.364. The molecule has 146 valence electrons. The first-order valence-electron chi connectivity index (χ1n) is 9.75. The molecular weight excluding hydrogens is 368 g/mol. The van der Waals surface area contributed by atoms with E-state index in [-0.39, 0.29) is 0 Å². The van der Waals surface area contributed by atoms with Crippen LogP contribution in [0.5, 0.6) is 0 Å². The minimum atomic E-state index is -0.424. The van der Waals surface area contributed by atoms with E-state index in [9.17, 15) is 5.11 Å². The van der Waals surface area contributed by atoms with Gasteiger partial charge in [0.2, 0.25) is 5.16 Å². The summed E-state index contributed by atoms with van der Waals surface area (Å²) in [7, 11) is 2.04. The normalized spacial score (nSPS) is 15.1. The van der Waals surface area contributed by atoms with Crippen molar-refractivity contribution in [1.82, 2.24) is 19.7 Å². The maximum Gasteiger partial charge on any atom is 0.209 e. The Morgan fingerprint density at radius 1 is 1.11 bits per heavy atom. The summed E-state index contributed by atoms with van der Waals surface area (Å²) in [5.41, 5.74) is 2.30. The molecule has 1 N–H and O–H groups in total. The summed E-state index contributed by atoms with van der Waals surface area (Å²) in [5.74, 6) is 2.15. The third kappa shape index (κ3) is 5.01. The second-order valence-corrected chi connectivity index (χ2v) is 8.41. The van der Waals surface area contributed by atoms with Gasteiger partial charge in [-0.05, 0) is 37.6 Å². The first-order valence-corrected chi connectivity index (χ1v) is 10.7. The number of para-hydroxylation sites is 1. The number of nitrogens with zero attached hydrogens (tertiary/aromatic N) is 4. The fourth-order valence-electron chi connectivity index (χ4n) is 3.27. The van der Waals surface area contributed by atoms with Crippen LogP contribution in [0.4, 0.5) is 0 Å². The molecular formula is C22H26N4OS. The molecule has 0 spiro atoms. The van der Waals surface area contributed by atoms with Gasteiger partial charge in [0.15, 0.2) is 0 Å². The average molecular weight is 395 g/mol. The Bertz CT molecular complexity index is 880. The van der Waals surface area contributed by atoms with Crippen molar-refractivity contribution in [3.63, 3.8) is 0 Å². The van der Waals surface area contributed by atoms with E-state index in [1.165, 1.54) is 30.2 Å². The van der Waals surface area contributed by atoms with Gasteiger partial charge in [0.1, 0.15) is 5.82 Å². The Labute approximate surface area is 170 Å². The van der Waals surface area contributed by atoms with E-state index in [1.54, 1.807) is 0 Å². The van der Waals surface area contributed by atoms with Gasteiger partial charge in [-0.25, -0.2) is 9.67 Å². The van der Waals surface area contributed by atoms with Crippen LogP contribution in [0.25, 0.3) is 5.69 Å². The standard InChI is InChI=1S/C22H26N4OS/c1-25(14-17-8-4-2-5-9-17)15-20(27)16-28-22-23-21(18-12-13-18)26(24-22)19-10-6-3-7-11-19/h2-11,18,20,27H,12-16H2,1H3. The van der Waals surface area contributed by atoms with E-state index in [1.807, 2.05) is 48.1 Å². The lowest BCUT2D eigenvalue weighted by Crippen LogP contribution is -2.30. The molecule has 1 atom stereocenters. The highest BCUT2D eigenvalue weighted by Gasteiger charge is 2.30. The lowest BCUT2D eigenvalue weighted by molar-refractivity contribution is 0.142. The average Bonchev–Trinajstić information content (AvgIpc) is 3.47. The van der Waals surface area contributed by atoms with Gasteiger partial charge in [-0.2, -0.15) is 0 Å². The van der Waals surface area contributed by atoms with Crippen LogP contribution in [0.1, 0.15) is 30.1 Å². The van der Waals surface area contributed by atoms with E-state index in [4.69, 9.17) is 10.1 Å². The van der Waals surface area contributed by atoms with Crippen LogP contribution >= 0.6 is 11.8 Å². The second-order valence-electron chi connectivity index (χ2n) is 7.42. The molecule has 0 bridgehead atoms. The topological polar surface area (TPSA) is 54.2 Å². The van der Waals surface area contributed by atoms with Crippen molar-refractivity contribution in [3.8, 4) is 5.69 Å². The van der Waals surface area contributed by atoms with Crippen molar-refractivity contribution in [2.75, 3.05) is 19.3 Å². The van der Waals surface area contributed by atoms with Gasteiger partial charge in [-0.1, -0.05) is 60.3 Å². The van der Waals surface area contributed by atoms with Gasteiger partial charge in [-0.3, -0.25) is 4.90 Å². The molecule has 5 nitrogen and oxygen atoms in total. The second kappa shape index (κ2) is 8.90. The SMILES string of the molecule is CN(Cc1ccccc1)CC(O)CSc1nc(C2CC2)n(-c2ccccc2)n1. The van der Waals surface area contributed by atoms with Gasteiger partial charge in [0.05, 0.1) is 11.8 Å². The van der Waals surface area contributed by atoms with E-state index in [2.05, 4.69) is 29.2 Å². The van der Waals surface area contributed by atoms with Crippen LogP contribution in [-0.4, -0.2) is 50.2 Å². The summed E-state index contributed by atoms with van der Waals surface area (Å²) < 4.78 is 1.97. The van der Waals surface area contributed by atoms with E-state index in [0.717, 1.165) is 23.2 Å². The Morgan fingerprint density at radius 3 is 2.46 bits per heavy atom. The fourth-order valence-corrected chi connectivity index (χ4v) is 4.02. The summed E-state index contributed by atoms with van der Waals surface area (Å²) in [4.78, 5) is 6.90. The zero-order valence-corrected chi connectivity index (χ0v) is 16.9. The quantitative estimate of drug-likeness (QED) is 0.561. The highest BCUT2D eigenvalue weighted by molar-refractivity contribution is 7.99. The summed E-state index contributed by atoms with van der Waals surface area (Å²) in [6.07, 6.45) is 1.94. The van der Waals surface area contributed by atoms with Crippen molar-refractivity contribution in [3.05, 3.63) is 72.1 Å². The predicted molar refractivity (Wildman–Crippen MR) is 113 cm³/mol. The molecule has 0 saturated heterocycles. The number of benzene rings is 2. The molecule has 28 heavy (non-hydrogen) atoms. The van der Waals surface area contributed by atoms with Crippen LogP contribution in [0.15, 0.2) is 65.8 Å². The maximum atomic E-state index is 10.4. The van der Waals surface area contributed by atoms with Crippen molar-refractivity contribution >= 4 is 11.8 Å². The summed E-state index contributed by atoms with van der Waals surface area (Å²) in [5, 5.41) is 15.9. The van der Waals surface area contributed by atoms with Crippen molar-refractivity contribution in [1.29, 1.82) is 0 Å². The Morgan fingerprint density at radius 2 is 1.79 bits per heavy atom. The minimum absolute atomic E-state index is 0.424. The first kappa shape index (κ1) is 19.2. The largest absolute Gasteiger partial charge is 0.391 e. The van der Waals surface area contributed by atoms with Crippen molar-refractivity contribution in [2.24, 2.45) is 0 Å². The number of rotatable bonds is 9. The first-order chi connectivity index (χ1) is 13.7. The number of hydrogen-bond donors (Lipinski definition) is 1. The lowest BCUT2D eigenvalue weighted by Gasteiger charge is -2.20. The Kier molecular flexibility index (Phi) is 6.10. The molecule has 6 heteroatoms. The highest BCUT2D eigenvalue weighted by atomic mass is 32.2. The van der Waals surface area contributed by atoms with Gasteiger partial charge in [0.25, 0.3) is 0 Å². The molecule has 1 unspecified atom stereocenters. The van der Waals surface area contributed by atoms with Gasteiger partial charge in [-0.15, -0.1) is 5.10 Å². The predicted octanol–water partition coefficient (Wildman–Crippen LogP) is 3.73. The van der Waals surface area contributed by atoms with Gasteiger partial charge in [0, 0.05) is 24.8 Å². The molecule has 0 amide bonds. The van der Waals surface area contributed by atoms with Crippen LogP contribution in [-0.2, 0) is 6.54 Å². The summed E-state index contributed by atoms with van der Waals surface area (Å²) in [6.45, 7) is 1.45. The number of aromatic nitrogens is 3. The zero-order chi connectivity index (χ0) is 19.3. The third-order valence-corrected chi connectivity index (χ3v) is 5.76. The van der Waals surface area contributed by atoms with Crippen molar-refractivity contribution < 1.29 is 5.11 Å². The van der Waals surface area contributed by atoms with E-state index >= 15 is 0 Å². The molecule has 1 aromatic heterocycles. The molecule has 1 heterocycles. The third-order valence-electron chi connectivity index (χ3n) is 4.78. The smallest absolute Gasteiger partial charge is 0.209 e. The van der Waals surface area contributed by atoms with E-state index in [0.29, 0.717) is 18.2 Å². The number of hydrogen-bond acceptors (Lipinski definition) is 5. The molecule has 1 saturated carbocycles. The molecule has 1 aliphatic carbocycles. The number of likely N-dealkylation sites (N-methyl/N-ethyl adjacent to an activating group) is 1. The van der Waals surface area contributed by atoms with Crippen LogP contribution in [0.3, 0.4) is 0 Å². The van der Waals surface area contributed by atoms with Crippen LogP contribution in [0, 0.1) is 0 Å². The Balaban J connectivity index is 1.34. The van der Waals surface area contributed by atoms with Gasteiger partial charge < -0.3 is 5.11 Å². The highest BCUT2D eigenvalue weighted by Crippen LogP contribution is 2.40.